The summed E-state index contributed by atoms with van der Waals surface area (Å²) in [5.74, 6) is 0.241. The fraction of sp³-hybridized carbons (Fsp3) is 0.333. The van der Waals surface area contributed by atoms with Crippen molar-refractivity contribution in [3.8, 4) is 5.75 Å². The molecule has 0 saturated heterocycles. The molecule has 1 aromatic carbocycles. The Kier molecular flexibility index (Phi) is 3.30. The molecule has 0 spiro atoms. The Labute approximate surface area is 85.5 Å². The molecule has 0 unspecified atom stereocenters. The third-order valence-electron chi connectivity index (χ3n) is 2.05. The molecule has 0 fully saturated rings. The van der Waals surface area contributed by atoms with E-state index in [1.54, 1.807) is 0 Å². The highest BCUT2D eigenvalue weighted by Crippen LogP contribution is 2.32. The monoisotopic (exact) mass is 245 g/mol. The van der Waals surface area contributed by atoms with Crippen molar-refractivity contribution in [3.05, 3.63) is 27.2 Å². The molecule has 3 nitrogen and oxygen atoms in total. The van der Waals surface area contributed by atoms with Crippen molar-refractivity contribution in [2.24, 2.45) is 0 Å². The van der Waals surface area contributed by atoms with E-state index in [0.29, 0.717) is 11.0 Å². The lowest BCUT2D eigenvalue weighted by molar-refractivity contribution is 0.161. The molecule has 0 atom stereocenters. The zero-order chi connectivity index (χ0) is 10.0. The maximum Gasteiger partial charge on any atom is 0.133 e. The van der Waals surface area contributed by atoms with Crippen LogP contribution in [0.2, 0.25) is 0 Å². The topological polar surface area (TPSA) is 52.5 Å². The predicted octanol–water partition coefficient (Wildman–Crippen LogP) is 2.25. The van der Waals surface area contributed by atoms with Gasteiger partial charge in [0.2, 0.25) is 0 Å². The number of nitrogens with one attached hydrogen (secondary N) is 1. The van der Waals surface area contributed by atoms with Crippen molar-refractivity contribution in [2.75, 3.05) is 0 Å². The Balaban J connectivity index is 3.24. The Bertz CT molecular complexity index is 326. The van der Waals surface area contributed by atoms with Crippen molar-refractivity contribution in [3.63, 3.8) is 0 Å². The number of aromatic hydroxyl groups is 1. The fourth-order valence-electron chi connectivity index (χ4n) is 1.21. The molecule has 1 aromatic rings. The van der Waals surface area contributed by atoms with Crippen molar-refractivity contribution in [2.45, 2.75) is 20.4 Å². The van der Waals surface area contributed by atoms with Crippen molar-refractivity contribution >= 4 is 15.9 Å². The maximum absolute atomic E-state index is 9.64. The zero-order valence-electron chi connectivity index (χ0n) is 7.56. The van der Waals surface area contributed by atoms with E-state index in [1.165, 1.54) is 0 Å². The molecule has 0 aliphatic heterocycles. The summed E-state index contributed by atoms with van der Waals surface area (Å²) in [6.07, 6.45) is 0. The molecule has 0 aromatic heterocycles. The Morgan fingerprint density at radius 3 is 2.62 bits per heavy atom. The van der Waals surface area contributed by atoms with Crippen LogP contribution in [0.3, 0.4) is 0 Å². The summed E-state index contributed by atoms with van der Waals surface area (Å²) in [7, 11) is 0. The first-order chi connectivity index (χ1) is 6.07. The van der Waals surface area contributed by atoms with Gasteiger partial charge in [-0.15, -0.1) is 0 Å². The van der Waals surface area contributed by atoms with Crippen LogP contribution in [0.1, 0.15) is 16.7 Å². The van der Waals surface area contributed by atoms with E-state index in [4.69, 9.17) is 5.21 Å². The molecule has 0 heterocycles. The largest absolute Gasteiger partial charge is 0.506 e. The van der Waals surface area contributed by atoms with Gasteiger partial charge in [0.1, 0.15) is 5.75 Å². The second kappa shape index (κ2) is 4.09. The highest BCUT2D eigenvalue weighted by atomic mass is 79.9. The van der Waals surface area contributed by atoms with Gasteiger partial charge < -0.3 is 10.3 Å². The van der Waals surface area contributed by atoms with Gasteiger partial charge in [0.15, 0.2) is 0 Å². The molecule has 0 radical (unpaired) electrons. The third kappa shape index (κ3) is 2.02. The van der Waals surface area contributed by atoms with Crippen LogP contribution >= 0.6 is 15.9 Å². The van der Waals surface area contributed by atoms with Crippen LogP contribution in [-0.4, -0.2) is 10.3 Å². The van der Waals surface area contributed by atoms with Gasteiger partial charge in [0.25, 0.3) is 0 Å². The maximum atomic E-state index is 9.64. The van der Waals surface area contributed by atoms with Crippen LogP contribution in [0.5, 0.6) is 5.75 Å². The second-order valence-corrected chi connectivity index (χ2v) is 3.77. The Morgan fingerprint density at radius 2 is 2.08 bits per heavy atom. The first-order valence-electron chi connectivity index (χ1n) is 3.92. The van der Waals surface area contributed by atoms with Crippen molar-refractivity contribution < 1.29 is 10.3 Å². The minimum atomic E-state index is 0.241. The molecule has 0 saturated carbocycles. The summed E-state index contributed by atoms with van der Waals surface area (Å²) >= 11 is 3.28. The van der Waals surface area contributed by atoms with E-state index in [1.807, 2.05) is 19.9 Å². The minimum Gasteiger partial charge on any atom is -0.506 e. The smallest absolute Gasteiger partial charge is 0.133 e. The predicted molar refractivity (Wildman–Crippen MR) is 53.9 cm³/mol. The van der Waals surface area contributed by atoms with Gasteiger partial charge in [-0.2, -0.15) is 0 Å². The molecule has 0 bridgehead atoms. The molecule has 13 heavy (non-hydrogen) atoms. The van der Waals surface area contributed by atoms with Crippen LogP contribution in [0.4, 0.5) is 0 Å². The quantitative estimate of drug-likeness (QED) is 0.701. The van der Waals surface area contributed by atoms with Gasteiger partial charge in [-0.25, -0.2) is 5.48 Å². The molecular weight excluding hydrogens is 234 g/mol. The highest BCUT2D eigenvalue weighted by molar-refractivity contribution is 9.10. The third-order valence-corrected chi connectivity index (χ3v) is 3.05. The van der Waals surface area contributed by atoms with Gasteiger partial charge in [0.05, 0.1) is 4.47 Å². The number of phenolic OH excluding ortho intramolecular Hbond substituents is 1. The van der Waals surface area contributed by atoms with E-state index in [0.717, 1.165) is 16.7 Å². The summed E-state index contributed by atoms with van der Waals surface area (Å²) < 4.78 is 0.715. The van der Waals surface area contributed by atoms with Crippen LogP contribution < -0.4 is 5.48 Å². The van der Waals surface area contributed by atoms with Gasteiger partial charge in [-0.1, -0.05) is 6.07 Å². The first kappa shape index (κ1) is 10.5. The van der Waals surface area contributed by atoms with Crippen LogP contribution in [0.25, 0.3) is 0 Å². The molecule has 4 heteroatoms. The van der Waals surface area contributed by atoms with E-state index in [2.05, 4.69) is 21.4 Å². The summed E-state index contributed by atoms with van der Waals surface area (Å²) in [6.45, 7) is 4.05. The lowest BCUT2D eigenvalue weighted by atomic mass is 10.0. The van der Waals surface area contributed by atoms with E-state index < -0.39 is 0 Å². The van der Waals surface area contributed by atoms with Gasteiger partial charge in [-0.3, -0.25) is 0 Å². The number of phenols is 1. The number of aryl methyl sites for hydroxylation is 1. The number of hydroxylamine groups is 1. The van der Waals surface area contributed by atoms with Gasteiger partial charge in [0, 0.05) is 6.54 Å². The number of benzene rings is 1. The molecule has 1 rings (SSSR count). The molecule has 0 amide bonds. The van der Waals surface area contributed by atoms with E-state index in [-0.39, 0.29) is 5.75 Å². The second-order valence-electron chi connectivity index (χ2n) is 2.98. The number of rotatable bonds is 2. The van der Waals surface area contributed by atoms with Crippen LogP contribution in [0, 0.1) is 13.8 Å². The normalized spacial score (nSPS) is 10.5. The minimum absolute atomic E-state index is 0.241. The molecule has 0 aliphatic rings. The van der Waals surface area contributed by atoms with E-state index in [9.17, 15) is 5.11 Å². The van der Waals surface area contributed by atoms with Gasteiger partial charge in [-0.05, 0) is 46.5 Å². The lowest BCUT2D eigenvalue weighted by Crippen LogP contribution is -2.08. The molecule has 72 valence electrons. The summed E-state index contributed by atoms with van der Waals surface area (Å²) in [4.78, 5) is 0. The first-order valence-corrected chi connectivity index (χ1v) is 4.71. The van der Waals surface area contributed by atoms with E-state index >= 15 is 0 Å². The number of halogens is 1. The van der Waals surface area contributed by atoms with Gasteiger partial charge >= 0.3 is 0 Å². The summed E-state index contributed by atoms with van der Waals surface area (Å²) in [6, 6.07) is 1.92. The standard InChI is InChI=1S/C9H12BrNO2/c1-5-3-7(4-11-13)6(2)9(12)8(5)10/h3,11-13H,4H2,1-2H3. The highest BCUT2D eigenvalue weighted by Gasteiger charge is 2.09. The zero-order valence-corrected chi connectivity index (χ0v) is 9.14. The summed E-state index contributed by atoms with van der Waals surface area (Å²) in [5, 5.41) is 18.2. The van der Waals surface area contributed by atoms with Crippen LogP contribution in [-0.2, 0) is 6.54 Å². The van der Waals surface area contributed by atoms with Crippen molar-refractivity contribution in [1.82, 2.24) is 5.48 Å². The number of hydrogen-bond acceptors (Lipinski definition) is 3. The Hall–Kier alpha value is -0.580. The van der Waals surface area contributed by atoms with Crippen molar-refractivity contribution in [1.29, 1.82) is 0 Å². The van der Waals surface area contributed by atoms with Crippen LogP contribution in [0.15, 0.2) is 10.5 Å². The SMILES string of the molecule is Cc1cc(CNO)c(C)c(O)c1Br. The summed E-state index contributed by atoms with van der Waals surface area (Å²) in [5.41, 5.74) is 4.69. The average molecular weight is 246 g/mol. The molecular formula is C9H12BrNO2. The number of hydrogen-bond donors (Lipinski definition) is 3. The molecule has 3 N–H and O–H groups in total. The fourth-order valence-corrected chi connectivity index (χ4v) is 1.62. The lowest BCUT2D eigenvalue weighted by Gasteiger charge is -2.10. The Morgan fingerprint density at radius 1 is 1.46 bits per heavy atom. The molecule has 0 aliphatic carbocycles. The average Bonchev–Trinajstić information content (AvgIpc) is 2.11.